The summed E-state index contributed by atoms with van der Waals surface area (Å²) in [7, 11) is 0. The summed E-state index contributed by atoms with van der Waals surface area (Å²) < 4.78 is 11.8. The van der Waals surface area contributed by atoms with Crippen molar-refractivity contribution in [1.82, 2.24) is 0 Å². The molecule has 4 nitrogen and oxygen atoms in total. The van der Waals surface area contributed by atoms with E-state index in [1.54, 1.807) is 6.08 Å². The number of cyclic esters (lactones) is 1. The summed E-state index contributed by atoms with van der Waals surface area (Å²) in [5.74, 6) is 2.27. The highest BCUT2D eigenvalue weighted by atomic mass is 16.5. The highest BCUT2D eigenvalue weighted by Gasteiger charge is 2.60. The van der Waals surface area contributed by atoms with Gasteiger partial charge in [-0.1, -0.05) is 13.8 Å². The molecule has 3 aliphatic carbocycles. The zero-order valence-electron chi connectivity index (χ0n) is 16.8. The third kappa shape index (κ3) is 2.66. The Morgan fingerprint density at radius 3 is 2.67 bits per heavy atom. The van der Waals surface area contributed by atoms with Gasteiger partial charge < -0.3 is 14.6 Å². The van der Waals surface area contributed by atoms with Crippen LogP contribution >= 0.6 is 0 Å². The van der Waals surface area contributed by atoms with Crippen molar-refractivity contribution in [2.45, 2.75) is 77.4 Å². The van der Waals surface area contributed by atoms with E-state index in [-0.39, 0.29) is 17.5 Å². The molecule has 4 heteroatoms. The molecule has 0 unspecified atom stereocenters. The highest BCUT2D eigenvalue weighted by Crippen LogP contribution is 2.64. The standard InChI is InChI=1S/C23H34O4/c1-22-8-5-16(24)12-15(22)3-4-17-19(22)6-9-23(2)18(7-10-26-21(17)23)14-11-20(25)27-13-14/h11,15-19,21,24H,3-10,12-13H2,1-2H3/t15-,16+,17-,18-,19+,21+,22+,23-/m1/s1. The number of esters is 1. The molecule has 2 heterocycles. The van der Waals surface area contributed by atoms with E-state index in [0.717, 1.165) is 31.8 Å². The molecule has 0 aromatic rings. The van der Waals surface area contributed by atoms with Crippen molar-refractivity contribution < 1.29 is 19.4 Å². The van der Waals surface area contributed by atoms with Crippen molar-refractivity contribution in [1.29, 1.82) is 0 Å². The number of hydrogen-bond donors (Lipinski definition) is 1. The predicted octanol–water partition coefficient (Wildman–Crippen LogP) is 3.87. The second kappa shape index (κ2) is 6.32. The van der Waals surface area contributed by atoms with Crippen molar-refractivity contribution in [2.75, 3.05) is 13.2 Å². The van der Waals surface area contributed by atoms with Gasteiger partial charge in [-0.05, 0) is 86.0 Å². The SMILES string of the molecule is C[C@]12CC[C@H](O)C[C@H]1CC[C@@H]1[C@@H]2CC[C@]2(C)[C@@H](C3=CC(=O)OC3)CCO[C@@H]12. The lowest BCUT2D eigenvalue weighted by atomic mass is 9.44. The first-order chi connectivity index (χ1) is 12.9. The van der Waals surface area contributed by atoms with Crippen molar-refractivity contribution in [2.24, 2.45) is 34.5 Å². The zero-order valence-corrected chi connectivity index (χ0v) is 16.8. The van der Waals surface area contributed by atoms with E-state index in [1.165, 1.54) is 37.7 Å². The molecule has 2 aliphatic heterocycles. The monoisotopic (exact) mass is 374 g/mol. The van der Waals surface area contributed by atoms with Crippen molar-refractivity contribution >= 4 is 5.97 Å². The van der Waals surface area contributed by atoms with Crippen molar-refractivity contribution in [3.63, 3.8) is 0 Å². The fraction of sp³-hybridized carbons (Fsp3) is 0.870. The number of ether oxygens (including phenoxy) is 2. The maximum absolute atomic E-state index is 11.7. The Kier molecular flexibility index (Phi) is 4.25. The molecular weight excluding hydrogens is 340 g/mol. The molecule has 1 saturated heterocycles. The number of fused-ring (bicyclic) bond motifs is 5. The van der Waals surface area contributed by atoms with Gasteiger partial charge in [0.05, 0.1) is 12.2 Å². The largest absolute Gasteiger partial charge is 0.458 e. The Morgan fingerprint density at radius 1 is 1.07 bits per heavy atom. The van der Waals surface area contributed by atoms with E-state index >= 15 is 0 Å². The van der Waals surface area contributed by atoms with Crippen LogP contribution in [-0.4, -0.2) is 36.5 Å². The Bertz CT molecular complexity index is 657. The van der Waals surface area contributed by atoms with Crippen LogP contribution < -0.4 is 0 Å². The van der Waals surface area contributed by atoms with Gasteiger partial charge in [0.15, 0.2) is 0 Å². The molecule has 8 atom stereocenters. The van der Waals surface area contributed by atoms with Crippen molar-refractivity contribution in [3.05, 3.63) is 11.6 Å². The third-order valence-electron chi connectivity index (χ3n) is 9.38. The summed E-state index contributed by atoms with van der Waals surface area (Å²) in [6.07, 6.45) is 11.0. The average molecular weight is 375 g/mol. The van der Waals surface area contributed by atoms with E-state index in [0.29, 0.717) is 35.9 Å². The summed E-state index contributed by atoms with van der Waals surface area (Å²) in [4.78, 5) is 11.7. The molecule has 0 bridgehead atoms. The fourth-order valence-corrected chi connectivity index (χ4v) is 7.95. The van der Waals surface area contributed by atoms with E-state index in [1.807, 2.05) is 0 Å². The van der Waals surface area contributed by atoms with Crippen LogP contribution in [0.2, 0.25) is 0 Å². The van der Waals surface area contributed by atoms with Crippen LogP contribution in [0.15, 0.2) is 11.6 Å². The predicted molar refractivity (Wildman–Crippen MR) is 102 cm³/mol. The van der Waals surface area contributed by atoms with Crippen LogP contribution in [0.3, 0.4) is 0 Å². The Morgan fingerprint density at radius 2 is 1.89 bits per heavy atom. The fourth-order valence-electron chi connectivity index (χ4n) is 7.95. The Balaban J connectivity index is 1.43. The van der Waals surface area contributed by atoms with Gasteiger partial charge in [0.25, 0.3) is 0 Å². The molecule has 0 spiro atoms. The zero-order chi connectivity index (χ0) is 18.8. The lowest BCUT2D eigenvalue weighted by Crippen LogP contribution is -2.60. The lowest BCUT2D eigenvalue weighted by molar-refractivity contribution is -0.207. The average Bonchev–Trinajstić information content (AvgIpc) is 3.07. The normalized spacial score (nSPS) is 52.3. The molecule has 27 heavy (non-hydrogen) atoms. The minimum Gasteiger partial charge on any atom is -0.458 e. The van der Waals surface area contributed by atoms with E-state index in [4.69, 9.17) is 9.47 Å². The second-order valence-corrected chi connectivity index (χ2v) is 10.5. The molecule has 0 radical (unpaired) electrons. The van der Waals surface area contributed by atoms with Gasteiger partial charge in [-0.15, -0.1) is 0 Å². The van der Waals surface area contributed by atoms with Gasteiger partial charge in [-0.2, -0.15) is 0 Å². The van der Waals surface area contributed by atoms with Gasteiger partial charge >= 0.3 is 5.97 Å². The molecule has 5 aliphatic rings. The van der Waals surface area contributed by atoms with E-state index in [9.17, 15) is 9.90 Å². The molecule has 150 valence electrons. The quantitative estimate of drug-likeness (QED) is 0.708. The number of aliphatic hydroxyl groups is 1. The van der Waals surface area contributed by atoms with Gasteiger partial charge in [-0.25, -0.2) is 4.79 Å². The lowest BCUT2D eigenvalue weighted by Gasteiger charge is -2.63. The molecule has 0 aromatic heterocycles. The summed E-state index contributed by atoms with van der Waals surface area (Å²) in [6, 6.07) is 0. The number of hydrogen-bond acceptors (Lipinski definition) is 4. The first-order valence-corrected chi connectivity index (χ1v) is 11.1. The summed E-state index contributed by atoms with van der Waals surface area (Å²) in [5, 5.41) is 10.2. The van der Waals surface area contributed by atoms with E-state index in [2.05, 4.69) is 13.8 Å². The minimum absolute atomic E-state index is 0.0874. The number of aliphatic hydroxyl groups excluding tert-OH is 1. The summed E-state index contributed by atoms with van der Waals surface area (Å²) >= 11 is 0. The Hall–Kier alpha value is -0.870. The van der Waals surface area contributed by atoms with Crippen LogP contribution in [-0.2, 0) is 14.3 Å². The summed E-state index contributed by atoms with van der Waals surface area (Å²) in [6.45, 7) is 6.21. The Labute approximate surface area is 162 Å². The molecule has 5 rings (SSSR count). The topological polar surface area (TPSA) is 55.8 Å². The number of carbonyl (C=O) groups excluding carboxylic acids is 1. The second-order valence-electron chi connectivity index (χ2n) is 10.5. The highest BCUT2D eigenvalue weighted by molar-refractivity contribution is 5.85. The maximum Gasteiger partial charge on any atom is 0.331 e. The minimum atomic E-state index is -0.167. The summed E-state index contributed by atoms with van der Waals surface area (Å²) in [5.41, 5.74) is 1.69. The van der Waals surface area contributed by atoms with Crippen LogP contribution in [0.5, 0.6) is 0 Å². The number of rotatable bonds is 1. The van der Waals surface area contributed by atoms with Crippen LogP contribution in [0.25, 0.3) is 0 Å². The first-order valence-electron chi connectivity index (χ1n) is 11.1. The maximum atomic E-state index is 11.7. The smallest absolute Gasteiger partial charge is 0.331 e. The van der Waals surface area contributed by atoms with Gasteiger partial charge in [-0.3, -0.25) is 0 Å². The molecular formula is C23H34O4. The molecule has 0 amide bonds. The number of carbonyl (C=O) groups is 1. The van der Waals surface area contributed by atoms with Gasteiger partial charge in [0.1, 0.15) is 6.61 Å². The van der Waals surface area contributed by atoms with Crippen LogP contribution in [0.1, 0.15) is 65.2 Å². The molecule has 1 N–H and O–H groups in total. The van der Waals surface area contributed by atoms with Crippen LogP contribution in [0, 0.1) is 34.5 Å². The first kappa shape index (κ1) is 18.2. The molecule has 4 fully saturated rings. The van der Waals surface area contributed by atoms with Gasteiger partial charge in [0, 0.05) is 18.1 Å². The van der Waals surface area contributed by atoms with Crippen LogP contribution in [0.4, 0.5) is 0 Å². The van der Waals surface area contributed by atoms with Crippen molar-refractivity contribution in [3.8, 4) is 0 Å². The molecule has 3 saturated carbocycles. The van der Waals surface area contributed by atoms with Gasteiger partial charge in [0.2, 0.25) is 0 Å². The molecule has 0 aromatic carbocycles. The van der Waals surface area contributed by atoms with E-state index < -0.39 is 0 Å². The third-order valence-corrected chi connectivity index (χ3v) is 9.38.